The lowest BCUT2D eigenvalue weighted by Crippen LogP contribution is -2.40. The van der Waals surface area contributed by atoms with Crippen molar-refractivity contribution in [1.82, 2.24) is 0 Å². The van der Waals surface area contributed by atoms with Crippen LogP contribution in [-0.4, -0.2) is 21.8 Å². The average molecular weight is 351 g/mol. The molecule has 3 heteroatoms. The van der Waals surface area contributed by atoms with Gasteiger partial charge in [-0.3, -0.25) is 0 Å². The predicted molar refractivity (Wildman–Crippen MR) is 120 cm³/mol. The first kappa shape index (κ1) is 20.9. The molecule has 0 nitrogen and oxygen atoms in total. The first-order valence-electron chi connectivity index (χ1n) is 12.4. The van der Waals surface area contributed by atoms with Crippen molar-refractivity contribution in [1.29, 1.82) is 0 Å². The minimum atomic E-state index is 0.700. The first-order chi connectivity index (χ1) is 12.9. The lowest BCUT2D eigenvalue weighted by atomic mass is 9.52. The van der Waals surface area contributed by atoms with Gasteiger partial charge < -0.3 is 0 Å². The Balaban J connectivity index is 1.86. The quantitative estimate of drug-likeness (QED) is 0.401. The van der Waals surface area contributed by atoms with E-state index in [1.54, 1.807) is 12.8 Å². The maximum atomic E-state index is 2.62. The van der Waals surface area contributed by atoms with Crippen molar-refractivity contribution in [3.8, 4) is 0 Å². The Labute approximate surface area is 167 Å². The normalized spacial score (nSPS) is 36.0. The molecular weight excluding hydrogens is 309 g/mol. The molecule has 1 spiro atoms. The zero-order valence-electron chi connectivity index (χ0n) is 17.5. The van der Waals surface area contributed by atoms with Gasteiger partial charge in [-0.25, -0.2) is 0 Å². The van der Waals surface area contributed by atoms with Crippen molar-refractivity contribution in [2.75, 3.05) is 0 Å². The third-order valence-corrected chi connectivity index (χ3v) is 8.07. The Morgan fingerprint density at radius 2 is 0.769 bits per heavy atom. The summed E-state index contributed by atoms with van der Waals surface area (Å²) in [5, 5.41) is 0. The molecule has 3 saturated heterocycles. The van der Waals surface area contributed by atoms with Gasteiger partial charge in [0.1, 0.15) is 21.8 Å². The molecule has 3 rings (SSSR count). The van der Waals surface area contributed by atoms with E-state index in [0.29, 0.717) is 5.41 Å². The topological polar surface area (TPSA) is 0 Å². The van der Waals surface area contributed by atoms with Crippen molar-refractivity contribution in [2.24, 2.45) is 17.3 Å². The van der Waals surface area contributed by atoms with Crippen molar-refractivity contribution >= 4 is 21.8 Å². The van der Waals surface area contributed by atoms with Gasteiger partial charge >= 0.3 is 0 Å². The zero-order valence-corrected chi connectivity index (χ0v) is 17.5. The van der Waals surface area contributed by atoms with Gasteiger partial charge in [0.25, 0.3) is 0 Å². The van der Waals surface area contributed by atoms with E-state index in [9.17, 15) is 0 Å². The number of hydrogen-bond acceptors (Lipinski definition) is 0. The van der Waals surface area contributed by atoms with Crippen LogP contribution in [0.3, 0.4) is 0 Å². The third kappa shape index (κ3) is 6.10. The lowest BCUT2D eigenvalue weighted by Gasteiger charge is -2.49. The highest BCUT2D eigenvalue weighted by molar-refractivity contribution is 6.35. The van der Waals surface area contributed by atoms with Crippen LogP contribution in [0, 0.1) is 17.3 Å². The van der Waals surface area contributed by atoms with Gasteiger partial charge in [0.2, 0.25) is 0 Å². The number of hydrogen-bond donors (Lipinski definition) is 0. The minimum absolute atomic E-state index is 0.700. The minimum Gasteiger partial charge on any atom is -0.0803 e. The second-order valence-electron chi connectivity index (χ2n) is 9.71. The van der Waals surface area contributed by atoms with Gasteiger partial charge in [0.15, 0.2) is 0 Å². The monoisotopic (exact) mass is 351 g/mol. The van der Waals surface area contributed by atoms with E-state index < -0.39 is 0 Å². The summed E-state index contributed by atoms with van der Waals surface area (Å²) in [5.41, 5.74) is 0.700. The smallest absolute Gasteiger partial charge is 0.0803 e. The Hall–Kier alpha value is 0.195. The van der Waals surface area contributed by atoms with Gasteiger partial charge in [0.05, 0.1) is 0 Å². The van der Waals surface area contributed by atoms with Crippen LogP contribution in [0.25, 0.3) is 0 Å². The van der Waals surface area contributed by atoms with Crippen LogP contribution in [0.4, 0.5) is 0 Å². The number of rotatable bonds is 0. The largest absolute Gasteiger partial charge is 0.109 e. The van der Waals surface area contributed by atoms with E-state index in [4.69, 9.17) is 0 Å². The van der Waals surface area contributed by atoms with E-state index in [1.807, 2.05) is 0 Å². The lowest BCUT2D eigenvalue weighted by molar-refractivity contribution is 0.0174. The Kier molecular flexibility index (Phi) is 9.58. The molecule has 0 saturated carbocycles. The van der Waals surface area contributed by atoms with Gasteiger partial charge in [-0.2, -0.15) is 0 Å². The molecule has 3 aliphatic rings. The summed E-state index contributed by atoms with van der Waals surface area (Å²) >= 11 is 0. The fraction of sp³-hybridized carbons (Fsp3) is 1.00. The van der Waals surface area contributed by atoms with Crippen LogP contribution in [0.1, 0.15) is 89.9 Å². The maximum absolute atomic E-state index is 2.62. The second kappa shape index (κ2) is 11.9. The molecule has 0 bridgehead atoms. The average Bonchev–Trinajstić information content (AvgIpc) is 2.67. The summed E-state index contributed by atoms with van der Waals surface area (Å²) in [6.45, 7) is 0. The van der Waals surface area contributed by atoms with Gasteiger partial charge in [-0.15, -0.1) is 0 Å². The van der Waals surface area contributed by atoms with Crippen LogP contribution in [0.15, 0.2) is 0 Å². The molecule has 3 radical (unpaired) electrons. The molecule has 0 aromatic heterocycles. The van der Waals surface area contributed by atoms with Gasteiger partial charge in [0, 0.05) is 0 Å². The zero-order chi connectivity index (χ0) is 17.9. The molecule has 3 fully saturated rings. The maximum Gasteiger partial charge on any atom is 0.109 e. The first-order valence-corrected chi connectivity index (χ1v) is 12.4. The van der Waals surface area contributed by atoms with E-state index in [2.05, 4.69) is 21.8 Å². The highest BCUT2D eigenvalue weighted by Crippen LogP contribution is 2.53. The molecule has 0 N–H and O–H groups in total. The molecule has 143 valence electrons. The Bertz CT molecular complexity index is 324. The Morgan fingerprint density at radius 3 is 1.15 bits per heavy atom. The Morgan fingerprint density at radius 1 is 0.423 bits per heavy atom. The summed E-state index contributed by atoms with van der Waals surface area (Å²) < 4.78 is 0. The molecular formula is C23H42B3. The SMILES string of the molecule is [B]1CCCCC23CCCC[B]CCCC2CCC[B]CCCC3CCC1. The molecule has 2 unspecified atom stereocenters. The molecule has 26 heavy (non-hydrogen) atoms. The molecule has 3 aliphatic heterocycles. The van der Waals surface area contributed by atoms with E-state index in [0.717, 1.165) is 11.8 Å². The van der Waals surface area contributed by atoms with E-state index >= 15 is 0 Å². The van der Waals surface area contributed by atoms with E-state index in [1.165, 1.54) is 115 Å². The fourth-order valence-electron chi connectivity index (χ4n) is 6.67. The molecule has 0 aliphatic carbocycles. The standard InChI is InChI=1S/C23H42B3/c1-3-15-24-17-5-9-21-11-7-19-26-20-8-12-22-10-6-18-25-16-4-2-14-23(21,22)13-1/h21-22H,1-20H2. The summed E-state index contributed by atoms with van der Waals surface area (Å²) in [5.74, 6) is 2.04. The highest BCUT2D eigenvalue weighted by atomic mass is 14.5. The van der Waals surface area contributed by atoms with Crippen molar-refractivity contribution in [3.05, 3.63) is 0 Å². The second-order valence-corrected chi connectivity index (χ2v) is 9.71. The summed E-state index contributed by atoms with van der Waals surface area (Å²) in [4.78, 5) is 0. The van der Waals surface area contributed by atoms with Crippen molar-refractivity contribution < 1.29 is 0 Å². The van der Waals surface area contributed by atoms with E-state index in [-0.39, 0.29) is 0 Å². The fourth-order valence-corrected chi connectivity index (χ4v) is 6.67. The van der Waals surface area contributed by atoms with Crippen LogP contribution < -0.4 is 0 Å². The molecule has 2 atom stereocenters. The molecule has 3 heterocycles. The van der Waals surface area contributed by atoms with Crippen molar-refractivity contribution in [3.63, 3.8) is 0 Å². The van der Waals surface area contributed by atoms with Crippen LogP contribution in [-0.2, 0) is 0 Å². The highest BCUT2D eigenvalue weighted by Gasteiger charge is 2.43. The van der Waals surface area contributed by atoms with Crippen LogP contribution in [0.2, 0.25) is 37.9 Å². The summed E-state index contributed by atoms with van der Waals surface area (Å²) in [6, 6.07) is 0. The summed E-state index contributed by atoms with van der Waals surface area (Å²) in [6.07, 6.45) is 29.3. The van der Waals surface area contributed by atoms with Gasteiger partial charge in [-0.05, 0) is 30.1 Å². The van der Waals surface area contributed by atoms with Gasteiger partial charge in [-0.1, -0.05) is 115 Å². The molecule has 0 aromatic rings. The summed E-state index contributed by atoms with van der Waals surface area (Å²) in [7, 11) is 7.83. The van der Waals surface area contributed by atoms with Crippen LogP contribution >= 0.6 is 0 Å². The third-order valence-electron chi connectivity index (χ3n) is 8.07. The predicted octanol–water partition coefficient (Wildman–Crippen LogP) is 7.33. The molecule has 0 amide bonds. The molecule has 0 aromatic carbocycles. The van der Waals surface area contributed by atoms with Crippen molar-refractivity contribution in [2.45, 2.75) is 128 Å². The van der Waals surface area contributed by atoms with Crippen LogP contribution in [0.5, 0.6) is 0 Å².